The lowest BCUT2D eigenvalue weighted by Crippen LogP contribution is -2.34. The van der Waals surface area contributed by atoms with Gasteiger partial charge in [0.05, 0.1) is 0 Å². The van der Waals surface area contributed by atoms with Crippen LogP contribution in [0.5, 0.6) is 5.75 Å². The molecule has 3 nitrogen and oxygen atoms in total. The number of piperidine rings is 1. The fourth-order valence-corrected chi connectivity index (χ4v) is 5.06. The smallest absolute Gasteiger partial charge is 0.124 e. The van der Waals surface area contributed by atoms with E-state index in [1.807, 2.05) is 24.3 Å². The van der Waals surface area contributed by atoms with Crippen LogP contribution in [0.4, 0.5) is 10.1 Å². The molecule has 0 bridgehead atoms. The molecule has 4 heteroatoms. The van der Waals surface area contributed by atoms with E-state index in [1.165, 1.54) is 43.0 Å². The lowest BCUT2D eigenvalue weighted by Gasteiger charge is -2.34. The summed E-state index contributed by atoms with van der Waals surface area (Å²) in [6.45, 7) is 5.11. The molecule has 0 unspecified atom stereocenters. The van der Waals surface area contributed by atoms with E-state index in [-0.39, 0.29) is 5.82 Å². The second kappa shape index (κ2) is 9.18. The molecule has 172 valence electrons. The van der Waals surface area contributed by atoms with Gasteiger partial charge in [0.1, 0.15) is 18.2 Å². The minimum absolute atomic E-state index is 0.248. The predicted molar refractivity (Wildman–Crippen MR) is 133 cm³/mol. The van der Waals surface area contributed by atoms with Crippen molar-refractivity contribution >= 4 is 5.69 Å². The van der Waals surface area contributed by atoms with E-state index in [9.17, 15) is 4.39 Å². The number of aryl methyl sites for hydroxylation is 1. The summed E-state index contributed by atoms with van der Waals surface area (Å²) in [7, 11) is 0. The first-order valence-electron chi connectivity index (χ1n) is 12.2. The van der Waals surface area contributed by atoms with Crippen molar-refractivity contribution < 1.29 is 9.13 Å². The van der Waals surface area contributed by atoms with Gasteiger partial charge in [-0.05, 0) is 108 Å². The predicted octanol–water partition coefficient (Wildman–Crippen LogP) is 6.47. The minimum atomic E-state index is -0.248. The second-order valence-electron chi connectivity index (χ2n) is 9.68. The fourth-order valence-electron chi connectivity index (χ4n) is 5.06. The largest absolute Gasteiger partial charge is 0.489 e. The Morgan fingerprint density at radius 1 is 0.909 bits per heavy atom. The monoisotopic (exact) mass is 444 g/mol. The van der Waals surface area contributed by atoms with E-state index in [0.717, 1.165) is 47.5 Å². The van der Waals surface area contributed by atoms with Crippen molar-refractivity contribution in [3.63, 3.8) is 0 Å². The molecule has 0 aromatic heterocycles. The summed E-state index contributed by atoms with van der Waals surface area (Å²) in [4.78, 5) is 2.49. The van der Waals surface area contributed by atoms with Crippen molar-refractivity contribution in [1.29, 1.82) is 0 Å². The Morgan fingerprint density at radius 2 is 1.64 bits per heavy atom. The van der Waals surface area contributed by atoms with Gasteiger partial charge >= 0.3 is 0 Å². The molecule has 2 N–H and O–H groups in total. The van der Waals surface area contributed by atoms with Gasteiger partial charge in [-0.2, -0.15) is 0 Å². The number of hydrogen-bond donors (Lipinski definition) is 1. The molecule has 1 aliphatic carbocycles. The molecule has 0 atom stereocenters. The maximum Gasteiger partial charge on any atom is 0.124 e. The third-order valence-electron chi connectivity index (χ3n) is 7.40. The van der Waals surface area contributed by atoms with E-state index < -0.39 is 0 Å². The van der Waals surface area contributed by atoms with Crippen LogP contribution in [0.25, 0.3) is 11.1 Å². The van der Waals surface area contributed by atoms with E-state index in [1.54, 1.807) is 6.07 Å². The molecule has 0 radical (unpaired) electrons. The average Bonchev–Trinajstić information content (AvgIpc) is 3.61. The van der Waals surface area contributed by atoms with Gasteiger partial charge in [0, 0.05) is 25.3 Å². The van der Waals surface area contributed by atoms with Gasteiger partial charge in [-0.15, -0.1) is 0 Å². The third-order valence-corrected chi connectivity index (χ3v) is 7.40. The molecule has 3 aromatic carbocycles. The Balaban J connectivity index is 1.46. The number of rotatable bonds is 7. The maximum atomic E-state index is 14.3. The first-order chi connectivity index (χ1) is 16.1. The number of hydrogen-bond acceptors (Lipinski definition) is 3. The molecule has 33 heavy (non-hydrogen) atoms. The molecule has 2 fully saturated rings. The van der Waals surface area contributed by atoms with E-state index >= 15 is 0 Å². The zero-order chi connectivity index (χ0) is 22.8. The Hall–Kier alpha value is -2.85. The average molecular weight is 445 g/mol. The number of nitrogens with two attached hydrogens (primary N) is 1. The summed E-state index contributed by atoms with van der Waals surface area (Å²) in [6.07, 6.45) is 6.25. The number of para-hydroxylation sites is 1. The summed E-state index contributed by atoms with van der Waals surface area (Å²) in [6, 6.07) is 19.9. The molecule has 1 heterocycles. The summed E-state index contributed by atoms with van der Waals surface area (Å²) < 4.78 is 20.6. The number of anilines is 1. The van der Waals surface area contributed by atoms with Gasteiger partial charge in [0.2, 0.25) is 0 Å². The topological polar surface area (TPSA) is 38.5 Å². The number of halogens is 1. The van der Waals surface area contributed by atoms with Gasteiger partial charge in [0.25, 0.3) is 0 Å². The minimum Gasteiger partial charge on any atom is -0.489 e. The number of benzene rings is 3. The second-order valence-corrected chi connectivity index (χ2v) is 9.68. The van der Waals surface area contributed by atoms with Gasteiger partial charge in [-0.25, -0.2) is 4.39 Å². The van der Waals surface area contributed by atoms with Crippen molar-refractivity contribution in [3.8, 4) is 16.9 Å². The van der Waals surface area contributed by atoms with E-state index in [2.05, 4.69) is 36.1 Å². The van der Waals surface area contributed by atoms with Gasteiger partial charge in [0.15, 0.2) is 0 Å². The van der Waals surface area contributed by atoms with Crippen LogP contribution < -0.4 is 15.4 Å². The molecule has 2 aliphatic rings. The van der Waals surface area contributed by atoms with Crippen LogP contribution in [0.15, 0.2) is 60.7 Å². The van der Waals surface area contributed by atoms with Crippen molar-refractivity contribution in [2.24, 2.45) is 11.1 Å². The Kier molecular flexibility index (Phi) is 6.11. The zero-order valence-electron chi connectivity index (χ0n) is 19.4. The molecule has 1 saturated heterocycles. The first kappa shape index (κ1) is 22.0. The van der Waals surface area contributed by atoms with Crippen molar-refractivity contribution in [2.75, 3.05) is 18.0 Å². The summed E-state index contributed by atoms with van der Waals surface area (Å²) in [5.41, 5.74) is 12.6. The molecule has 3 aromatic rings. The first-order valence-corrected chi connectivity index (χ1v) is 12.2. The quantitative estimate of drug-likeness (QED) is 0.454. The Bertz CT molecular complexity index is 1130. The lowest BCUT2D eigenvalue weighted by atomic mass is 9.92. The molecular weight excluding hydrogens is 411 g/mol. The van der Waals surface area contributed by atoms with Gasteiger partial charge in [-0.3, -0.25) is 0 Å². The number of ether oxygens (including phenoxy) is 1. The molecule has 1 spiro atoms. The molecule has 1 saturated carbocycles. The SMILES string of the molecule is CCc1ccccc1OCc1cc(-c2cc(F)cc(CN)c2)cc(N2CCC3(CC2)CC3)c1. The van der Waals surface area contributed by atoms with Crippen molar-refractivity contribution in [1.82, 2.24) is 0 Å². The summed E-state index contributed by atoms with van der Waals surface area (Å²) >= 11 is 0. The molecule has 0 amide bonds. The highest BCUT2D eigenvalue weighted by molar-refractivity contribution is 5.70. The van der Waals surface area contributed by atoms with E-state index in [0.29, 0.717) is 18.6 Å². The highest BCUT2D eigenvalue weighted by Crippen LogP contribution is 2.54. The van der Waals surface area contributed by atoms with Crippen LogP contribution in [0.1, 0.15) is 49.3 Å². The number of nitrogens with zero attached hydrogens (tertiary/aromatic N) is 1. The van der Waals surface area contributed by atoms with Gasteiger partial charge in [-0.1, -0.05) is 25.1 Å². The molecular formula is C29H33FN2O. The standard InChI is InChI=1S/C29H33FN2O/c1-2-23-5-3-4-6-28(23)33-20-22-14-25(24-13-21(19-31)15-26(30)17-24)18-27(16-22)32-11-9-29(7-8-29)10-12-32/h3-6,13-18H,2,7-12,19-20,31H2,1H3. The van der Waals surface area contributed by atoms with Crippen LogP contribution in [0.2, 0.25) is 0 Å². The third kappa shape index (κ3) is 4.91. The molecule has 5 rings (SSSR count). The Labute approximate surface area is 196 Å². The summed E-state index contributed by atoms with van der Waals surface area (Å²) in [5.74, 6) is 0.679. The lowest BCUT2D eigenvalue weighted by molar-refractivity contribution is 0.303. The highest BCUT2D eigenvalue weighted by Gasteiger charge is 2.44. The summed E-state index contributed by atoms with van der Waals surface area (Å²) in [5, 5.41) is 0. The van der Waals surface area contributed by atoms with Crippen LogP contribution in [0, 0.1) is 11.2 Å². The van der Waals surface area contributed by atoms with Crippen LogP contribution >= 0.6 is 0 Å². The van der Waals surface area contributed by atoms with Crippen LogP contribution in [0.3, 0.4) is 0 Å². The van der Waals surface area contributed by atoms with E-state index in [4.69, 9.17) is 10.5 Å². The normalized spacial score (nSPS) is 16.8. The van der Waals surface area contributed by atoms with Crippen molar-refractivity contribution in [2.45, 2.75) is 52.2 Å². The Morgan fingerprint density at radius 3 is 2.36 bits per heavy atom. The fraction of sp³-hybridized carbons (Fsp3) is 0.379. The van der Waals surface area contributed by atoms with Crippen LogP contribution in [-0.2, 0) is 19.6 Å². The zero-order valence-corrected chi connectivity index (χ0v) is 19.4. The van der Waals surface area contributed by atoms with Gasteiger partial charge < -0.3 is 15.4 Å². The maximum absolute atomic E-state index is 14.3. The van der Waals surface area contributed by atoms with Crippen molar-refractivity contribution in [3.05, 3.63) is 83.2 Å². The van der Waals surface area contributed by atoms with Crippen LogP contribution in [-0.4, -0.2) is 13.1 Å². The molecule has 1 aliphatic heterocycles. The highest BCUT2D eigenvalue weighted by atomic mass is 19.1.